The second-order valence-electron chi connectivity index (χ2n) is 6.60. The van der Waals surface area contributed by atoms with Crippen LogP contribution in [0.25, 0.3) is 0 Å². The molecule has 24 heavy (non-hydrogen) atoms. The molecule has 1 aliphatic heterocycles. The number of aromatic nitrogens is 1. The molecule has 1 fully saturated rings. The minimum atomic E-state index is -1.18. The van der Waals surface area contributed by atoms with Crippen molar-refractivity contribution in [3.05, 3.63) is 23.9 Å². The Labute approximate surface area is 142 Å². The van der Waals surface area contributed by atoms with Gasteiger partial charge in [0, 0.05) is 25.8 Å². The van der Waals surface area contributed by atoms with E-state index < -0.39 is 5.60 Å². The predicted octanol–water partition coefficient (Wildman–Crippen LogP) is 1.01. The maximum Gasteiger partial charge on any atom is 0.257 e. The molecule has 0 saturated carbocycles. The molecular formula is C17H26N4O3. The SMILES string of the molecule is CNC(=O)CC1(O)CCCN(C(=O)c2cccnc2NC(C)C)C1. The van der Waals surface area contributed by atoms with Gasteiger partial charge in [-0.25, -0.2) is 4.98 Å². The summed E-state index contributed by atoms with van der Waals surface area (Å²) in [5, 5.41) is 16.4. The van der Waals surface area contributed by atoms with Gasteiger partial charge in [-0.3, -0.25) is 9.59 Å². The van der Waals surface area contributed by atoms with E-state index >= 15 is 0 Å². The molecular weight excluding hydrogens is 308 g/mol. The van der Waals surface area contributed by atoms with Crippen LogP contribution in [0.2, 0.25) is 0 Å². The Morgan fingerprint density at radius 2 is 2.21 bits per heavy atom. The molecule has 2 rings (SSSR count). The third kappa shape index (κ3) is 4.44. The number of piperidine rings is 1. The molecule has 2 heterocycles. The number of β-amino-alcohol motifs (C(OH)–C–C–N with tert-alkyl or cyclic N) is 1. The van der Waals surface area contributed by atoms with Crippen molar-refractivity contribution in [2.24, 2.45) is 0 Å². The zero-order valence-electron chi connectivity index (χ0n) is 14.5. The lowest BCUT2D eigenvalue weighted by atomic mass is 9.89. The fourth-order valence-corrected chi connectivity index (χ4v) is 2.95. The van der Waals surface area contributed by atoms with Crippen LogP contribution in [0.15, 0.2) is 18.3 Å². The molecule has 0 spiro atoms. The van der Waals surface area contributed by atoms with E-state index in [0.29, 0.717) is 30.8 Å². The Balaban J connectivity index is 2.16. The van der Waals surface area contributed by atoms with Crippen LogP contribution in [0.4, 0.5) is 5.82 Å². The van der Waals surface area contributed by atoms with Crippen molar-refractivity contribution in [1.82, 2.24) is 15.2 Å². The first-order valence-corrected chi connectivity index (χ1v) is 8.28. The molecule has 1 unspecified atom stereocenters. The van der Waals surface area contributed by atoms with E-state index in [9.17, 15) is 14.7 Å². The molecule has 0 aliphatic carbocycles. The quantitative estimate of drug-likeness (QED) is 0.747. The minimum Gasteiger partial charge on any atom is -0.388 e. The third-order valence-electron chi connectivity index (χ3n) is 4.07. The molecule has 1 saturated heterocycles. The van der Waals surface area contributed by atoms with Crippen LogP contribution in [-0.4, -0.2) is 58.6 Å². The van der Waals surface area contributed by atoms with E-state index in [1.165, 1.54) is 7.05 Å². The third-order valence-corrected chi connectivity index (χ3v) is 4.07. The van der Waals surface area contributed by atoms with Crippen molar-refractivity contribution >= 4 is 17.6 Å². The van der Waals surface area contributed by atoms with Crippen molar-refractivity contribution in [2.45, 2.75) is 44.8 Å². The number of carbonyl (C=O) groups is 2. The summed E-state index contributed by atoms with van der Waals surface area (Å²) in [6.07, 6.45) is 2.80. The van der Waals surface area contributed by atoms with Crippen molar-refractivity contribution < 1.29 is 14.7 Å². The minimum absolute atomic E-state index is 0.00256. The number of likely N-dealkylation sites (tertiary alicyclic amines) is 1. The number of rotatable bonds is 5. The molecule has 7 nitrogen and oxygen atoms in total. The second kappa shape index (κ2) is 7.61. The van der Waals surface area contributed by atoms with E-state index in [1.807, 2.05) is 13.8 Å². The maximum atomic E-state index is 12.9. The van der Waals surface area contributed by atoms with Crippen LogP contribution in [0.5, 0.6) is 0 Å². The first-order valence-electron chi connectivity index (χ1n) is 8.28. The molecule has 1 atom stereocenters. The number of nitrogens with one attached hydrogen (secondary N) is 2. The Hall–Kier alpha value is -2.15. The van der Waals surface area contributed by atoms with Crippen molar-refractivity contribution in [2.75, 3.05) is 25.5 Å². The molecule has 0 bridgehead atoms. The fraction of sp³-hybridized carbons (Fsp3) is 0.588. The molecule has 132 valence electrons. The van der Waals surface area contributed by atoms with Gasteiger partial charge in [-0.1, -0.05) is 0 Å². The summed E-state index contributed by atoms with van der Waals surface area (Å²) in [6, 6.07) is 3.60. The average Bonchev–Trinajstić information content (AvgIpc) is 2.53. The van der Waals surface area contributed by atoms with Crippen LogP contribution in [0.3, 0.4) is 0 Å². The molecule has 2 amide bonds. The van der Waals surface area contributed by atoms with Crippen LogP contribution < -0.4 is 10.6 Å². The van der Waals surface area contributed by atoms with Crippen molar-refractivity contribution in [3.63, 3.8) is 0 Å². The molecule has 1 aromatic rings. The number of aliphatic hydroxyl groups is 1. The highest BCUT2D eigenvalue weighted by Gasteiger charge is 2.37. The van der Waals surface area contributed by atoms with Gasteiger partial charge >= 0.3 is 0 Å². The summed E-state index contributed by atoms with van der Waals surface area (Å²) in [7, 11) is 1.54. The normalized spacial score (nSPS) is 20.8. The molecule has 1 aliphatic rings. The highest BCUT2D eigenvalue weighted by atomic mass is 16.3. The zero-order valence-corrected chi connectivity index (χ0v) is 14.5. The van der Waals surface area contributed by atoms with E-state index in [1.54, 1.807) is 23.2 Å². The average molecular weight is 334 g/mol. The smallest absolute Gasteiger partial charge is 0.257 e. The summed E-state index contributed by atoms with van der Waals surface area (Å²) < 4.78 is 0. The van der Waals surface area contributed by atoms with E-state index in [0.717, 1.165) is 0 Å². The van der Waals surface area contributed by atoms with Gasteiger partial charge in [0.25, 0.3) is 5.91 Å². The Morgan fingerprint density at radius 1 is 1.46 bits per heavy atom. The van der Waals surface area contributed by atoms with Gasteiger partial charge in [-0.2, -0.15) is 0 Å². The molecule has 0 aromatic carbocycles. The Bertz CT molecular complexity index is 605. The maximum absolute atomic E-state index is 12.9. The van der Waals surface area contributed by atoms with Gasteiger partial charge in [0.15, 0.2) is 0 Å². The van der Waals surface area contributed by atoms with Crippen LogP contribution in [-0.2, 0) is 4.79 Å². The second-order valence-corrected chi connectivity index (χ2v) is 6.60. The van der Waals surface area contributed by atoms with Gasteiger partial charge in [0.1, 0.15) is 5.82 Å². The number of hydrogen-bond acceptors (Lipinski definition) is 5. The van der Waals surface area contributed by atoms with Gasteiger partial charge in [0.2, 0.25) is 5.91 Å². The van der Waals surface area contributed by atoms with Crippen LogP contribution >= 0.6 is 0 Å². The summed E-state index contributed by atoms with van der Waals surface area (Å²) >= 11 is 0. The number of anilines is 1. The highest BCUT2D eigenvalue weighted by Crippen LogP contribution is 2.26. The summed E-state index contributed by atoms with van der Waals surface area (Å²) in [5.74, 6) is 0.134. The summed E-state index contributed by atoms with van der Waals surface area (Å²) in [4.78, 5) is 30.3. The largest absolute Gasteiger partial charge is 0.388 e. The predicted molar refractivity (Wildman–Crippen MR) is 91.8 cm³/mol. The standard InChI is InChI=1S/C17H26N4O3/c1-12(2)20-15-13(6-4-8-19-15)16(23)21-9-5-7-17(24,11-21)10-14(22)18-3/h4,6,8,12,24H,5,7,9-11H2,1-3H3,(H,18,22)(H,19,20). The molecule has 7 heteroatoms. The van der Waals surface area contributed by atoms with Gasteiger partial charge in [-0.05, 0) is 38.8 Å². The number of carbonyl (C=O) groups excluding carboxylic acids is 2. The van der Waals surface area contributed by atoms with Crippen molar-refractivity contribution in [3.8, 4) is 0 Å². The number of pyridine rings is 1. The fourth-order valence-electron chi connectivity index (χ4n) is 2.95. The number of nitrogens with zero attached hydrogens (tertiary/aromatic N) is 2. The molecule has 0 radical (unpaired) electrons. The topological polar surface area (TPSA) is 94.6 Å². The first kappa shape index (κ1) is 18.2. The van der Waals surface area contributed by atoms with Gasteiger partial charge < -0.3 is 20.6 Å². The lowest BCUT2D eigenvalue weighted by Crippen LogP contribution is -2.52. The molecule has 1 aromatic heterocycles. The number of hydrogen-bond donors (Lipinski definition) is 3. The summed E-state index contributed by atoms with van der Waals surface area (Å²) in [5.41, 5.74) is -0.697. The summed E-state index contributed by atoms with van der Waals surface area (Å²) in [6.45, 7) is 4.66. The van der Waals surface area contributed by atoms with Crippen LogP contribution in [0.1, 0.15) is 43.5 Å². The Kier molecular flexibility index (Phi) is 5.77. The Morgan fingerprint density at radius 3 is 2.88 bits per heavy atom. The van der Waals surface area contributed by atoms with E-state index in [2.05, 4.69) is 15.6 Å². The lowest BCUT2D eigenvalue weighted by molar-refractivity contribution is -0.127. The van der Waals surface area contributed by atoms with Crippen LogP contribution in [0, 0.1) is 0 Å². The zero-order chi connectivity index (χ0) is 17.7. The molecule has 3 N–H and O–H groups in total. The van der Waals surface area contributed by atoms with E-state index in [4.69, 9.17) is 0 Å². The first-order chi connectivity index (χ1) is 11.3. The van der Waals surface area contributed by atoms with Crippen molar-refractivity contribution in [1.29, 1.82) is 0 Å². The van der Waals surface area contributed by atoms with Gasteiger partial charge in [0.05, 0.1) is 24.1 Å². The lowest BCUT2D eigenvalue weighted by Gasteiger charge is -2.39. The van der Waals surface area contributed by atoms with E-state index in [-0.39, 0.29) is 30.8 Å². The highest BCUT2D eigenvalue weighted by molar-refractivity contribution is 5.98. The monoisotopic (exact) mass is 334 g/mol. The number of amides is 2. The van der Waals surface area contributed by atoms with Gasteiger partial charge in [-0.15, -0.1) is 0 Å².